The van der Waals surface area contributed by atoms with Crippen LogP contribution in [0, 0.1) is 6.92 Å². The van der Waals surface area contributed by atoms with Crippen LogP contribution in [0.25, 0.3) is 10.2 Å². The predicted octanol–water partition coefficient (Wildman–Crippen LogP) is 4.35. The van der Waals surface area contributed by atoms with Gasteiger partial charge in [0.1, 0.15) is 17.0 Å². The van der Waals surface area contributed by atoms with Gasteiger partial charge in [-0.05, 0) is 36.8 Å². The maximum atomic E-state index is 12.7. The van der Waals surface area contributed by atoms with Gasteiger partial charge in [-0.15, -0.1) is 22.7 Å². The fourth-order valence-electron chi connectivity index (χ4n) is 3.33. The number of hydrogen-bond donors (Lipinski definition) is 2. The maximum Gasteiger partial charge on any atom is 0.261 e. The molecule has 1 amide bonds. The molecule has 0 atom stereocenters. The average molecular weight is 373 g/mol. The number of nitrogens with one attached hydrogen (secondary N) is 2. The number of rotatable bonds is 5. The van der Waals surface area contributed by atoms with E-state index < -0.39 is 0 Å². The van der Waals surface area contributed by atoms with Crippen LogP contribution in [0.2, 0.25) is 0 Å². The largest absolute Gasteiger partial charge is 0.365 e. The molecule has 25 heavy (non-hydrogen) atoms. The highest BCUT2D eigenvalue weighted by Crippen LogP contribution is 2.33. The fourth-order valence-corrected chi connectivity index (χ4v) is 5.02. The first kappa shape index (κ1) is 16.5. The smallest absolute Gasteiger partial charge is 0.261 e. The van der Waals surface area contributed by atoms with E-state index in [2.05, 4.69) is 32.0 Å². The van der Waals surface area contributed by atoms with Crippen molar-refractivity contribution in [2.75, 3.05) is 5.32 Å². The van der Waals surface area contributed by atoms with Crippen molar-refractivity contribution in [3.8, 4) is 0 Å². The zero-order chi connectivity index (χ0) is 17.2. The maximum absolute atomic E-state index is 12.7. The van der Waals surface area contributed by atoms with Gasteiger partial charge in [0.15, 0.2) is 0 Å². The van der Waals surface area contributed by atoms with Gasteiger partial charge >= 0.3 is 0 Å². The van der Waals surface area contributed by atoms with Crippen LogP contribution in [0.15, 0.2) is 23.8 Å². The van der Waals surface area contributed by atoms with E-state index in [0.29, 0.717) is 6.04 Å². The molecule has 0 spiro atoms. The Labute approximate surface area is 154 Å². The molecule has 1 aliphatic rings. The van der Waals surface area contributed by atoms with Crippen molar-refractivity contribution in [2.45, 2.75) is 45.2 Å². The Balaban J connectivity index is 1.60. The third kappa shape index (κ3) is 3.39. The van der Waals surface area contributed by atoms with Gasteiger partial charge < -0.3 is 10.6 Å². The van der Waals surface area contributed by atoms with Crippen LogP contribution < -0.4 is 10.6 Å². The van der Waals surface area contributed by atoms with Gasteiger partial charge in [0.05, 0.1) is 16.8 Å². The molecule has 7 heteroatoms. The Kier molecular flexibility index (Phi) is 4.67. The highest BCUT2D eigenvalue weighted by molar-refractivity contribution is 7.20. The number of anilines is 1. The number of amides is 1. The van der Waals surface area contributed by atoms with Gasteiger partial charge in [-0.2, -0.15) is 0 Å². The first-order chi connectivity index (χ1) is 12.2. The van der Waals surface area contributed by atoms with Crippen LogP contribution in [0.4, 0.5) is 5.82 Å². The molecular formula is C18H20N4OS2. The van der Waals surface area contributed by atoms with Crippen molar-refractivity contribution in [1.29, 1.82) is 0 Å². The van der Waals surface area contributed by atoms with Crippen LogP contribution in [0.1, 0.15) is 45.8 Å². The number of fused-ring (bicyclic) bond motifs is 1. The molecule has 3 aromatic rings. The van der Waals surface area contributed by atoms with E-state index in [0.717, 1.165) is 45.9 Å². The summed E-state index contributed by atoms with van der Waals surface area (Å²) in [4.78, 5) is 24.3. The first-order valence-corrected chi connectivity index (χ1v) is 10.2. The number of carbonyl (C=O) groups is 1. The summed E-state index contributed by atoms with van der Waals surface area (Å²) in [6.07, 6.45) is 6.15. The Morgan fingerprint density at radius 1 is 1.32 bits per heavy atom. The van der Waals surface area contributed by atoms with Crippen molar-refractivity contribution in [2.24, 2.45) is 0 Å². The predicted molar refractivity (Wildman–Crippen MR) is 104 cm³/mol. The van der Waals surface area contributed by atoms with Crippen molar-refractivity contribution in [1.82, 2.24) is 15.3 Å². The zero-order valence-corrected chi connectivity index (χ0v) is 15.7. The molecule has 1 saturated carbocycles. The number of nitrogens with zero attached hydrogens (tertiary/aromatic N) is 2. The van der Waals surface area contributed by atoms with Gasteiger partial charge in [-0.25, -0.2) is 9.97 Å². The number of carbonyl (C=O) groups excluding carboxylic acids is 1. The van der Waals surface area contributed by atoms with E-state index in [-0.39, 0.29) is 5.91 Å². The van der Waals surface area contributed by atoms with E-state index in [4.69, 9.17) is 0 Å². The molecule has 1 fully saturated rings. The molecule has 0 unspecified atom stereocenters. The molecular weight excluding hydrogens is 352 g/mol. The monoisotopic (exact) mass is 372 g/mol. The highest BCUT2D eigenvalue weighted by Gasteiger charge is 2.23. The standard InChI is InChI=1S/C18H20N4OS2/c1-11-14-16(19-9-13-7-4-8-24-13)20-10-21-18(14)25-15(11)17(23)22-12-5-2-3-6-12/h4,7-8,10,12H,2-3,5-6,9H2,1H3,(H,22,23)(H,19,20,21). The van der Waals surface area contributed by atoms with Crippen molar-refractivity contribution in [3.63, 3.8) is 0 Å². The summed E-state index contributed by atoms with van der Waals surface area (Å²) in [5, 5.41) is 9.59. The molecule has 4 rings (SSSR count). The van der Waals surface area contributed by atoms with E-state index in [1.54, 1.807) is 17.7 Å². The molecule has 1 aliphatic carbocycles. The number of thiophene rings is 2. The summed E-state index contributed by atoms with van der Waals surface area (Å²) in [6.45, 7) is 2.71. The lowest BCUT2D eigenvalue weighted by Gasteiger charge is -2.11. The van der Waals surface area contributed by atoms with E-state index in [9.17, 15) is 4.79 Å². The van der Waals surface area contributed by atoms with Crippen LogP contribution in [-0.2, 0) is 6.54 Å². The highest BCUT2D eigenvalue weighted by atomic mass is 32.1. The van der Waals surface area contributed by atoms with Crippen molar-refractivity contribution < 1.29 is 4.79 Å². The minimum Gasteiger partial charge on any atom is -0.365 e. The summed E-state index contributed by atoms with van der Waals surface area (Å²) >= 11 is 3.16. The molecule has 0 bridgehead atoms. The molecule has 0 radical (unpaired) electrons. The second-order valence-corrected chi connectivity index (χ2v) is 8.38. The molecule has 3 aromatic heterocycles. The number of aromatic nitrogens is 2. The van der Waals surface area contributed by atoms with Crippen molar-refractivity contribution in [3.05, 3.63) is 39.2 Å². The normalized spacial score (nSPS) is 14.9. The van der Waals surface area contributed by atoms with Gasteiger partial charge in [0.2, 0.25) is 0 Å². The van der Waals surface area contributed by atoms with Crippen LogP contribution in [0.3, 0.4) is 0 Å². The van der Waals surface area contributed by atoms with Crippen molar-refractivity contribution >= 4 is 44.6 Å². The lowest BCUT2D eigenvalue weighted by Crippen LogP contribution is -2.32. The van der Waals surface area contributed by atoms with E-state index in [1.165, 1.54) is 29.1 Å². The summed E-state index contributed by atoms with van der Waals surface area (Å²) in [5.74, 6) is 0.823. The summed E-state index contributed by atoms with van der Waals surface area (Å²) in [6, 6.07) is 4.45. The lowest BCUT2D eigenvalue weighted by atomic mass is 10.2. The molecule has 5 nitrogen and oxygen atoms in total. The van der Waals surface area contributed by atoms with Gasteiger partial charge in [-0.3, -0.25) is 4.79 Å². The Morgan fingerprint density at radius 2 is 2.16 bits per heavy atom. The second-order valence-electron chi connectivity index (χ2n) is 6.35. The molecule has 0 aromatic carbocycles. The zero-order valence-electron chi connectivity index (χ0n) is 14.0. The van der Waals surface area contributed by atoms with Crippen LogP contribution >= 0.6 is 22.7 Å². The second kappa shape index (κ2) is 7.09. The first-order valence-electron chi connectivity index (χ1n) is 8.53. The number of aryl methyl sites for hydroxylation is 1. The molecule has 3 heterocycles. The van der Waals surface area contributed by atoms with Crippen LogP contribution in [0.5, 0.6) is 0 Å². The van der Waals surface area contributed by atoms with Gasteiger partial charge in [0.25, 0.3) is 5.91 Å². The number of hydrogen-bond acceptors (Lipinski definition) is 6. The van der Waals surface area contributed by atoms with Gasteiger partial charge in [-0.1, -0.05) is 18.9 Å². The van der Waals surface area contributed by atoms with E-state index in [1.807, 2.05) is 13.0 Å². The minimum absolute atomic E-state index is 0.0246. The third-order valence-corrected chi connectivity index (χ3v) is 6.71. The fraction of sp³-hybridized carbons (Fsp3) is 0.389. The summed E-state index contributed by atoms with van der Waals surface area (Å²) in [7, 11) is 0. The average Bonchev–Trinajstić information content (AvgIpc) is 3.35. The Hall–Kier alpha value is -1.99. The summed E-state index contributed by atoms with van der Waals surface area (Å²) < 4.78 is 0. The van der Waals surface area contributed by atoms with Gasteiger partial charge in [0, 0.05) is 10.9 Å². The molecule has 2 N–H and O–H groups in total. The Bertz CT molecular complexity index is 882. The molecule has 0 saturated heterocycles. The Morgan fingerprint density at radius 3 is 2.92 bits per heavy atom. The third-order valence-electron chi connectivity index (χ3n) is 4.63. The molecule has 130 valence electrons. The minimum atomic E-state index is 0.0246. The van der Waals surface area contributed by atoms with E-state index >= 15 is 0 Å². The van der Waals surface area contributed by atoms with Crippen LogP contribution in [-0.4, -0.2) is 21.9 Å². The lowest BCUT2D eigenvalue weighted by molar-refractivity contribution is 0.0941. The molecule has 0 aliphatic heterocycles. The SMILES string of the molecule is Cc1c(C(=O)NC2CCCC2)sc2ncnc(NCc3cccs3)c12. The summed E-state index contributed by atoms with van der Waals surface area (Å²) in [5.41, 5.74) is 0.963. The quantitative estimate of drug-likeness (QED) is 0.699. The topological polar surface area (TPSA) is 66.9 Å².